The molecule has 0 spiro atoms. The van der Waals surface area contributed by atoms with Gasteiger partial charge in [-0.3, -0.25) is 14.3 Å². The fourth-order valence-corrected chi connectivity index (χ4v) is 3.93. The Bertz CT molecular complexity index is 910. The number of nitrogens with one attached hydrogen (secondary N) is 1. The maximum absolute atomic E-state index is 13.0. The Morgan fingerprint density at radius 2 is 1.96 bits per heavy atom. The van der Waals surface area contributed by atoms with E-state index >= 15 is 0 Å². The van der Waals surface area contributed by atoms with Gasteiger partial charge in [-0.15, -0.1) is 0 Å². The molecule has 2 heterocycles. The number of hydrogen-bond donors (Lipinski definition) is 1. The minimum Gasteiger partial charge on any atom is -0.330 e. The van der Waals surface area contributed by atoms with E-state index in [9.17, 15) is 9.59 Å². The van der Waals surface area contributed by atoms with Gasteiger partial charge in [0.2, 0.25) is 11.8 Å². The third-order valence-electron chi connectivity index (χ3n) is 5.30. The van der Waals surface area contributed by atoms with Gasteiger partial charge in [-0.2, -0.15) is 5.10 Å². The van der Waals surface area contributed by atoms with Crippen LogP contribution in [0.15, 0.2) is 18.2 Å². The quantitative estimate of drug-likeness (QED) is 0.811. The van der Waals surface area contributed by atoms with Crippen LogP contribution in [0.4, 0.5) is 5.69 Å². The third-order valence-corrected chi connectivity index (χ3v) is 6.04. The van der Waals surface area contributed by atoms with E-state index in [2.05, 4.69) is 10.4 Å². The second-order valence-electron chi connectivity index (χ2n) is 7.17. The molecule has 28 heavy (non-hydrogen) atoms. The topological polar surface area (TPSA) is 67.2 Å². The molecule has 8 heteroatoms. The van der Waals surface area contributed by atoms with E-state index in [1.807, 2.05) is 20.9 Å². The number of benzene rings is 1. The van der Waals surface area contributed by atoms with Gasteiger partial charge in [0.1, 0.15) is 6.04 Å². The lowest BCUT2D eigenvalue weighted by Crippen LogP contribution is -2.50. The molecule has 1 N–H and O–H groups in total. The van der Waals surface area contributed by atoms with Gasteiger partial charge < -0.3 is 10.2 Å². The predicted molar refractivity (Wildman–Crippen MR) is 111 cm³/mol. The van der Waals surface area contributed by atoms with Crippen molar-refractivity contribution in [3.05, 3.63) is 45.2 Å². The summed E-state index contributed by atoms with van der Waals surface area (Å²) in [5, 5.41) is 8.04. The second-order valence-corrected chi connectivity index (χ2v) is 7.98. The highest BCUT2D eigenvalue weighted by Crippen LogP contribution is 2.26. The number of anilines is 1. The van der Waals surface area contributed by atoms with Gasteiger partial charge in [-0.25, -0.2) is 0 Å². The number of amides is 2. The molecule has 1 aliphatic heterocycles. The summed E-state index contributed by atoms with van der Waals surface area (Å²) < 4.78 is 1.78. The number of rotatable bonds is 4. The van der Waals surface area contributed by atoms with Gasteiger partial charge in [0, 0.05) is 30.5 Å². The number of piperidine rings is 1. The summed E-state index contributed by atoms with van der Waals surface area (Å²) in [5.74, 6) is -0.251. The van der Waals surface area contributed by atoms with E-state index in [1.165, 1.54) is 0 Å². The van der Waals surface area contributed by atoms with Crippen molar-refractivity contribution < 1.29 is 9.59 Å². The van der Waals surface area contributed by atoms with Crippen LogP contribution in [0.2, 0.25) is 10.0 Å². The molecule has 0 saturated carbocycles. The lowest BCUT2D eigenvalue weighted by molar-refractivity contribution is -0.139. The number of halogens is 2. The molecule has 1 saturated heterocycles. The summed E-state index contributed by atoms with van der Waals surface area (Å²) in [5.41, 5.74) is 3.32. The lowest BCUT2D eigenvalue weighted by atomic mass is 9.99. The van der Waals surface area contributed by atoms with Gasteiger partial charge >= 0.3 is 0 Å². The normalized spacial score (nSPS) is 16.9. The van der Waals surface area contributed by atoms with Crippen LogP contribution in [-0.4, -0.2) is 39.1 Å². The van der Waals surface area contributed by atoms with Crippen molar-refractivity contribution in [3.63, 3.8) is 0 Å². The fourth-order valence-electron chi connectivity index (χ4n) is 3.63. The largest absolute Gasteiger partial charge is 0.330 e. The summed E-state index contributed by atoms with van der Waals surface area (Å²) in [6, 6.07) is 4.45. The average Bonchev–Trinajstić information content (AvgIpc) is 2.90. The Balaban J connectivity index is 1.74. The number of aryl methyl sites for hydroxylation is 2. The molecular weight excluding hydrogens is 399 g/mol. The van der Waals surface area contributed by atoms with E-state index in [4.69, 9.17) is 23.2 Å². The Morgan fingerprint density at radius 3 is 2.61 bits per heavy atom. The van der Waals surface area contributed by atoms with E-state index < -0.39 is 6.04 Å². The molecular formula is C20H24Cl2N4O2. The molecule has 1 fully saturated rings. The zero-order chi connectivity index (χ0) is 20.4. The molecule has 1 aromatic heterocycles. The van der Waals surface area contributed by atoms with Gasteiger partial charge in [-0.1, -0.05) is 23.2 Å². The van der Waals surface area contributed by atoms with Gasteiger partial charge in [0.25, 0.3) is 0 Å². The van der Waals surface area contributed by atoms with Crippen LogP contribution in [0.5, 0.6) is 0 Å². The Morgan fingerprint density at radius 1 is 1.21 bits per heavy atom. The van der Waals surface area contributed by atoms with Crippen LogP contribution in [-0.2, 0) is 23.1 Å². The lowest BCUT2D eigenvalue weighted by Gasteiger charge is -2.35. The van der Waals surface area contributed by atoms with Gasteiger partial charge in [0.15, 0.2) is 0 Å². The first kappa shape index (κ1) is 20.7. The smallest absolute Gasteiger partial charge is 0.247 e. The second kappa shape index (κ2) is 8.53. The highest BCUT2D eigenvalue weighted by molar-refractivity contribution is 6.42. The summed E-state index contributed by atoms with van der Waals surface area (Å²) >= 11 is 12.0. The van der Waals surface area contributed by atoms with Crippen molar-refractivity contribution in [2.45, 2.75) is 45.6 Å². The molecule has 6 nitrogen and oxygen atoms in total. The van der Waals surface area contributed by atoms with Crippen molar-refractivity contribution in [2.75, 3.05) is 11.9 Å². The first-order valence-corrected chi connectivity index (χ1v) is 10.1. The van der Waals surface area contributed by atoms with E-state index in [0.717, 1.165) is 29.8 Å². The van der Waals surface area contributed by atoms with Crippen LogP contribution in [0.25, 0.3) is 0 Å². The van der Waals surface area contributed by atoms with Crippen LogP contribution < -0.4 is 5.32 Å². The number of nitrogens with zero attached hydrogens (tertiary/aromatic N) is 3. The van der Waals surface area contributed by atoms with E-state index in [0.29, 0.717) is 28.7 Å². The molecule has 1 aromatic carbocycles. The highest BCUT2D eigenvalue weighted by Gasteiger charge is 2.32. The first-order valence-electron chi connectivity index (χ1n) is 9.32. The minimum atomic E-state index is -0.493. The molecule has 2 aromatic rings. The minimum absolute atomic E-state index is 0.0480. The molecule has 3 rings (SSSR count). The number of carbonyl (C=O) groups is 2. The van der Waals surface area contributed by atoms with Crippen molar-refractivity contribution in [1.29, 1.82) is 0 Å². The van der Waals surface area contributed by atoms with Crippen LogP contribution in [0.1, 0.15) is 36.2 Å². The van der Waals surface area contributed by atoms with E-state index in [1.54, 1.807) is 27.8 Å². The number of hydrogen-bond acceptors (Lipinski definition) is 3. The molecule has 1 atom stereocenters. The summed E-state index contributed by atoms with van der Waals surface area (Å²) in [7, 11) is 1.87. The van der Waals surface area contributed by atoms with Crippen molar-refractivity contribution >= 4 is 40.7 Å². The van der Waals surface area contributed by atoms with Crippen molar-refractivity contribution in [2.24, 2.45) is 7.05 Å². The van der Waals surface area contributed by atoms with Crippen LogP contribution in [0, 0.1) is 13.8 Å². The third kappa shape index (κ3) is 4.33. The number of aromatic nitrogens is 2. The molecule has 0 aliphatic carbocycles. The van der Waals surface area contributed by atoms with Crippen LogP contribution >= 0.6 is 23.2 Å². The van der Waals surface area contributed by atoms with Gasteiger partial charge in [-0.05, 0) is 51.3 Å². The average molecular weight is 423 g/mol. The molecule has 0 bridgehead atoms. The standard InChI is InChI=1S/C20H24Cl2N4O2/c1-12-15(13(2)25(3)24-12)11-19(27)26-9-5-4-6-18(26)20(28)23-14-7-8-16(21)17(22)10-14/h7-8,10,18H,4-6,9,11H2,1-3H3,(H,23,28). The van der Waals surface area contributed by atoms with Gasteiger partial charge in [0.05, 0.1) is 22.2 Å². The Kier molecular flexibility index (Phi) is 6.30. The van der Waals surface area contributed by atoms with Crippen molar-refractivity contribution in [3.8, 4) is 0 Å². The summed E-state index contributed by atoms with van der Waals surface area (Å²) in [6.07, 6.45) is 2.70. The maximum atomic E-state index is 13.0. The monoisotopic (exact) mass is 422 g/mol. The Hall–Kier alpha value is -2.05. The fraction of sp³-hybridized carbons (Fsp3) is 0.450. The molecule has 1 aliphatic rings. The number of likely N-dealkylation sites (tertiary alicyclic amines) is 1. The van der Waals surface area contributed by atoms with E-state index in [-0.39, 0.29) is 18.2 Å². The molecule has 2 amide bonds. The van der Waals surface area contributed by atoms with Crippen LogP contribution in [0.3, 0.4) is 0 Å². The zero-order valence-electron chi connectivity index (χ0n) is 16.3. The number of carbonyl (C=O) groups excluding carboxylic acids is 2. The maximum Gasteiger partial charge on any atom is 0.247 e. The Labute approximate surface area is 174 Å². The highest BCUT2D eigenvalue weighted by atomic mass is 35.5. The first-order chi connectivity index (χ1) is 13.3. The summed E-state index contributed by atoms with van der Waals surface area (Å²) in [6.45, 7) is 4.43. The molecule has 150 valence electrons. The molecule has 0 radical (unpaired) electrons. The summed E-state index contributed by atoms with van der Waals surface area (Å²) in [4.78, 5) is 27.6. The molecule has 1 unspecified atom stereocenters. The SMILES string of the molecule is Cc1nn(C)c(C)c1CC(=O)N1CCCCC1C(=O)Nc1ccc(Cl)c(Cl)c1. The zero-order valence-corrected chi connectivity index (χ0v) is 17.8. The predicted octanol–water partition coefficient (Wildman–Crippen LogP) is 3.91. The van der Waals surface area contributed by atoms with Crippen molar-refractivity contribution in [1.82, 2.24) is 14.7 Å².